The highest BCUT2D eigenvalue weighted by Crippen LogP contribution is 2.26. The second kappa shape index (κ2) is 6.39. The fraction of sp³-hybridized carbons (Fsp3) is 0.462. The Morgan fingerprint density at radius 3 is 2.25 bits per heavy atom. The van der Waals surface area contributed by atoms with Crippen LogP contribution in [0.5, 0.6) is 5.75 Å². The summed E-state index contributed by atoms with van der Waals surface area (Å²) in [6, 6.07) is 5.82. The number of amides is 1. The molecule has 0 radical (unpaired) electrons. The van der Waals surface area contributed by atoms with Crippen LogP contribution in [0.1, 0.15) is 26.3 Å². The van der Waals surface area contributed by atoms with Crippen molar-refractivity contribution in [3.63, 3.8) is 0 Å². The van der Waals surface area contributed by atoms with Crippen LogP contribution in [0.3, 0.4) is 0 Å². The van der Waals surface area contributed by atoms with E-state index in [-0.39, 0.29) is 17.9 Å². The first-order chi connectivity index (χ1) is 9.05. The van der Waals surface area contributed by atoms with Crippen molar-refractivity contribution in [3.05, 3.63) is 29.8 Å². The van der Waals surface area contributed by atoms with Crippen LogP contribution in [0, 0.1) is 0 Å². The van der Waals surface area contributed by atoms with Gasteiger partial charge in [0.2, 0.25) is 0 Å². The fourth-order valence-electron chi connectivity index (χ4n) is 1.28. The quantitative estimate of drug-likeness (QED) is 0.833. The molecule has 7 heteroatoms. The van der Waals surface area contributed by atoms with E-state index in [1.165, 1.54) is 12.1 Å². The van der Waals surface area contributed by atoms with Gasteiger partial charge in [0.1, 0.15) is 12.4 Å². The zero-order valence-electron chi connectivity index (χ0n) is 11.4. The van der Waals surface area contributed by atoms with Gasteiger partial charge in [-0.3, -0.25) is 0 Å². The summed E-state index contributed by atoms with van der Waals surface area (Å²) in [4.78, 5) is 11.4. The number of halogens is 3. The summed E-state index contributed by atoms with van der Waals surface area (Å²) in [7, 11) is 0. The van der Waals surface area contributed by atoms with Crippen LogP contribution in [0.4, 0.5) is 13.6 Å². The number of ether oxygens (including phenoxy) is 2. The minimum atomic E-state index is -3.41. The molecular weight excluding hydrogens is 336 g/mol. The first-order valence-corrected chi connectivity index (χ1v) is 6.64. The number of carbonyl (C=O) groups is 1. The highest BCUT2D eigenvalue weighted by molar-refractivity contribution is 9.09. The Balaban J connectivity index is 2.48. The minimum Gasteiger partial charge on any atom is -0.445 e. The van der Waals surface area contributed by atoms with Crippen molar-refractivity contribution >= 4 is 22.0 Å². The zero-order chi connectivity index (χ0) is 15.4. The fourth-order valence-corrected chi connectivity index (χ4v) is 1.47. The standard InChI is InChI=1S/C13H16BrF2NO3/c1-12(2,3)17-11(18)19-8-9-4-6-10(7-5-9)20-13(14,15)16/h4-7H,8H2,1-3H3,(H,17,18). The third kappa shape index (κ3) is 7.28. The normalized spacial score (nSPS) is 11.9. The second-order valence-corrected chi connectivity index (χ2v) is 6.07. The van der Waals surface area contributed by atoms with E-state index in [2.05, 4.69) is 26.0 Å². The molecule has 0 aliphatic heterocycles. The Kier molecular flexibility index (Phi) is 5.33. The van der Waals surface area contributed by atoms with Crippen LogP contribution in [-0.2, 0) is 11.3 Å². The van der Waals surface area contributed by atoms with Gasteiger partial charge in [0, 0.05) is 21.5 Å². The van der Waals surface area contributed by atoms with Crippen LogP contribution < -0.4 is 10.1 Å². The van der Waals surface area contributed by atoms with Crippen molar-refractivity contribution in [2.75, 3.05) is 0 Å². The third-order valence-electron chi connectivity index (χ3n) is 2.00. The molecule has 1 rings (SSSR count). The Morgan fingerprint density at radius 2 is 1.80 bits per heavy atom. The number of rotatable bonds is 4. The van der Waals surface area contributed by atoms with Crippen LogP contribution in [0.25, 0.3) is 0 Å². The van der Waals surface area contributed by atoms with E-state index in [1.807, 2.05) is 20.8 Å². The number of alkyl halides is 3. The van der Waals surface area contributed by atoms with Gasteiger partial charge in [-0.15, -0.1) is 0 Å². The second-order valence-electron chi connectivity index (χ2n) is 5.14. The first kappa shape index (κ1) is 16.7. The molecule has 0 atom stereocenters. The lowest BCUT2D eigenvalue weighted by atomic mass is 10.1. The summed E-state index contributed by atoms with van der Waals surface area (Å²) in [6.07, 6.45) is -0.537. The van der Waals surface area contributed by atoms with E-state index in [1.54, 1.807) is 12.1 Å². The van der Waals surface area contributed by atoms with Crippen molar-refractivity contribution in [2.24, 2.45) is 0 Å². The van der Waals surface area contributed by atoms with Crippen molar-refractivity contribution in [1.29, 1.82) is 0 Å². The van der Waals surface area contributed by atoms with Gasteiger partial charge in [-0.05, 0) is 38.5 Å². The number of benzene rings is 1. The van der Waals surface area contributed by atoms with Crippen LogP contribution in [0.15, 0.2) is 24.3 Å². The number of alkyl carbamates (subject to hydrolysis) is 1. The molecule has 0 bridgehead atoms. The number of carbonyl (C=O) groups excluding carboxylic acids is 1. The summed E-state index contributed by atoms with van der Waals surface area (Å²) in [5.74, 6) is 0.00904. The Hall–Kier alpha value is -1.37. The zero-order valence-corrected chi connectivity index (χ0v) is 13.0. The molecule has 0 fully saturated rings. The molecule has 1 N–H and O–H groups in total. The van der Waals surface area contributed by atoms with E-state index in [9.17, 15) is 13.6 Å². The monoisotopic (exact) mass is 351 g/mol. The van der Waals surface area contributed by atoms with Gasteiger partial charge >= 0.3 is 11.1 Å². The van der Waals surface area contributed by atoms with Crippen molar-refractivity contribution in [1.82, 2.24) is 5.32 Å². The van der Waals surface area contributed by atoms with Crippen LogP contribution >= 0.6 is 15.9 Å². The SMILES string of the molecule is CC(C)(C)NC(=O)OCc1ccc(OC(F)(F)Br)cc1. The molecule has 0 saturated carbocycles. The van der Waals surface area contributed by atoms with Crippen molar-refractivity contribution in [2.45, 2.75) is 37.9 Å². The molecule has 112 valence electrons. The van der Waals surface area contributed by atoms with Crippen molar-refractivity contribution in [3.8, 4) is 5.75 Å². The molecule has 20 heavy (non-hydrogen) atoms. The predicted molar refractivity (Wildman–Crippen MR) is 74.0 cm³/mol. The minimum absolute atomic E-state index is 0.00904. The summed E-state index contributed by atoms with van der Waals surface area (Å²) in [6.45, 7) is 5.55. The maximum absolute atomic E-state index is 12.5. The molecule has 1 amide bonds. The van der Waals surface area contributed by atoms with Gasteiger partial charge in [0.15, 0.2) is 0 Å². The molecule has 0 unspecified atom stereocenters. The maximum atomic E-state index is 12.5. The third-order valence-corrected chi connectivity index (χ3v) is 2.17. The topological polar surface area (TPSA) is 47.6 Å². The van der Waals surface area contributed by atoms with E-state index >= 15 is 0 Å². The van der Waals surface area contributed by atoms with Gasteiger partial charge in [-0.2, -0.15) is 8.78 Å². The lowest BCUT2D eigenvalue weighted by molar-refractivity contribution is -0.0803. The molecule has 0 aromatic heterocycles. The Bertz CT molecular complexity index is 452. The average Bonchev–Trinajstić information content (AvgIpc) is 2.23. The van der Waals surface area contributed by atoms with Gasteiger partial charge in [0.25, 0.3) is 0 Å². The van der Waals surface area contributed by atoms with E-state index < -0.39 is 11.1 Å². The molecule has 0 aliphatic rings. The lowest BCUT2D eigenvalue weighted by Gasteiger charge is -2.20. The number of nitrogens with one attached hydrogen (secondary N) is 1. The van der Waals surface area contributed by atoms with Gasteiger partial charge < -0.3 is 14.8 Å². The Labute approximate surface area is 124 Å². The van der Waals surface area contributed by atoms with E-state index in [4.69, 9.17) is 4.74 Å². The highest BCUT2D eigenvalue weighted by Gasteiger charge is 2.26. The van der Waals surface area contributed by atoms with Crippen LogP contribution in [0.2, 0.25) is 0 Å². The Morgan fingerprint density at radius 1 is 1.25 bits per heavy atom. The molecule has 1 aromatic rings. The number of hydrogen-bond donors (Lipinski definition) is 1. The molecule has 0 aliphatic carbocycles. The summed E-state index contributed by atoms with van der Waals surface area (Å²) in [5.41, 5.74) is 0.287. The largest absolute Gasteiger partial charge is 0.459 e. The summed E-state index contributed by atoms with van der Waals surface area (Å²) >= 11 is 2.08. The molecule has 1 aromatic carbocycles. The number of hydrogen-bond acceptors (Lipinski definition) is 3. The predicted octanol–water partition coefficient (Wildman–Crippen LogP) is 4.04. The van der Waals surface area contributed by atoms with E-state index in [0.29, 0.717) is 5.56 Å². The molecule has 0 heterocycles. The summed E-state index contributed by atoms with van der Waals surface area (Å²) < 4.78 is 34.4. The average molecular weight is 352 g/mol. The lowest BCUT2D eigenvalue weighted by Crippen LogP contribution is -2.40. The molecule has 0 saturated heterocycles. The van der Waals surface area contributed by atoms with Crippen molar-refractivity contribution < 1.29 is 23.0 Å². The molecule has 0 spiro atoms. The van der Waals surface area contributed by atoms with Crippen LogP contribution in [-0.4, -0.2) is 16.7 Å². The molecular formula is C13H16BrF2NO3. The maximum Gasteiger partial charge on any atom is 0.459 e. The van der Waals surface area contributed by atoms with Gasteiger partial charge in [-0.25, -0.2) is 4.79 Å². The van der Waals surface area contributed by atoms with Gasteiger partial charge in [-0.1, -0.05) is 12.1 Å². The molecule has 4 nitrogen and oxygen atoms in total. The van der Waals surface area contributed by atoms with E-state index in [0.717, 1.165) is 0 Å². The first-order valence-electron chi connectivity index (χ1n) is 5.85. The highest BCUT2D eigenvalue weighted by atomic mass is 79.9. The smallest absolute Gasteiger partial charge is 0.445 e. The summed E-state index contributed by atoms with van der Waals surface area (Å²) in [5, 5.41) is -0.765. The van der Waals surface area contributed by atoms with Gasteiger partial charge in [0.05, 0.1) is 0 Å².